The predicted octanol–water partition coefficient (Wildman–Crippen LogP) is 2.30. The van der Waals surface area contributed by atoms with Gasteiger partial charge in [-0.3, -0.25) is 4.79 Å². The smallest absolute Gasteiger partial charge is 0.409 e. The van der Waals surface area contributed by atoms with Crippen molar-refractivity contribution in [2.24, 2.45) is 16.8 Å². The zero-order valence-corrected chi connectivity index (χ0v) is 11.0. The van der Waals surface area contributed by atoms with Gasteiger partial charge < -0.3 is 21.0 Å². The molecule has 1 rings (SSSR count). The third kappa shape index (κ3) is 4.86. The molecule has 0 aliphatic carbocycles. The van der Waals surface area contributed by atoms with Crippen LogP contribution in [-0.4, -0.2) is 23.3 Å². The number of benzene rings is 1. The van der Waals surface area contributed by atoms with Crippen LogP contribution in [0.15, 0.2) is 29.4 Å². The number of carbonyl (C=O) groups is 1. The van der Waals surface area contributed by atoms with E-state index in [1.54, 1.807) is 6.92 Å². The molecule has 0 saturated carbocycles. The van der Waals surface area contributed by atoms with Crippen LogP contribution in [0.3, 0.4) is 0 Å². The highest BCUT2D eigenvalue weighted by atomic mass is 19.4. The van der Waals surface area contributed by atoms with Gasteiger partial charge in [-0.05, 0) is 18.6 Å². The van der Waals surface area contributed by atoms with E-state index in [0.717, 1.165) is 6.07 Å². The summed E-state index contributed by atoms with van der Waals surface area (Å²) >= 11 is 0. The minimum Gasteiger partial charge on any atom is -0.409 e. The standard InChI is InChI=1S/C12H14F3N3O3/c1-2-7(10(16)18-20)11(19)17-8-5-3-4-6-9(8)21-12(13,14)15/h3-7,20H,2H2,1H3,(H2,16,18)(H,17,19). The Hall–Kier alpha value is -2.45. The van der Waals surface area contributed by atoms with E-state index < -0.39 is 23.9 Å². The lowest BCUT2D eigenvalue weighted by Gasteiger charge is -2.16. The second-order valence-electron chi connectivity index (χ2n) is 4.02. The topological polar surface area (TPSA) is 96.9 Å². The minimum absolute atomic E-state index is 0.163. The molecule has 4 N–H and O–H groups in total. The predicted molar refractivity (Wildman–Crippen MR) is 68.9 cm³/mol. The highest BCUT2D eigenvalue weighted by molar-refractivity contribution is 6.08. The number of oxime groups is 1. The molecule has 0 spiro atoms. The van der Waals surface area contributed by atoms with Gasteiger partial charge in [-0.1, -0.05) is 24.2 Å². The number of anilines is 1. The summed E-state index contributed by atoms with van der Waals surface area (Å²) in [4.78, 5) is 11.9. The fourth-order valence-electron chi connectivity index (χ4n) is 1.60. The number of amides is 1. The van der Waals surface area contributed by atoms with E-state index in [1.165, 1.54) is 18.2 Å². The van der Waals surface area contributed by atoms with Crippen LogP contribution in [0.25, 0.3) is 0 Å². The summed E-state index contributed by atoms with van der Waals surface area (Å²) in [6.45, 7) is 1.61. The maximum absolute atomic E-state index is 12.3. The summed E-state index contributed by atoms with van der Waals surface area (Å²) in [7, 11) is 0. The van der Waals surface area contributed by atoms with E-state index in [9.17, 15) is 18.0 Å². The summed E-state index contributed by atoms with van der Waals surface area (Å²) in [5.74, 6) is -2.54. The quantitative estimate of drug-likeness (QED) is 0.336. The Morgan fingerprint density at radius 3 is 2.62 bits per heavy atom. The van der Waals surface area contributed by atoms with Crippen molar-refractivity contribution in [3.63, 3.8) is 0 Å². The van der Waals surface area contributed by atoms with Gasteiger partial charge in [0, 0.05) is 0 Å². The van der Waals surface area contributed by atoms with Gasteiger partial charge in [0.2, 0.25) is 5.91 Å². The Labute approximate surface area is 118 Å². The zero-order chi connectivity index (χ0) is 16.0. The van der Waals surface area contributed by atoms with Crippen molar-refractivity contribution in [3.8, 4) is 5.75 Å². The molecule has 0 saturated heterocycles. The maximum Gasteiger partial charge on any atom is 0.573 e. The number of nitrogens with zero attached hydrogens (tertiary/aromatic N) is 1. The van der Waals surface area contributed by atoms with Crippen LogP contribution in [0.1, 0.15) is 13.3 Å². The van der Waals surface area contributed by atoms with E-state index in [-0.39, 0.29) is 17.9 Å². The Morgan fingerprint density at radius 2 is 2.10 bits per heavy atom. The van der Waals surface area contributed by atoms with Gasteiger partial charge in [-0.15, -0.1) is 13.2 Å². The lowest BCUT2D eigenvalue weighted by Crippen LogP contribution is -2.34. The molecule has 0 aliphatic heterocycles. The fraction of sp³-hybridized carbons (Fsp3) is 0.333. The van der Waals surface area contributed by atoms with Crippen molar-refractivity contribution >= 4 is 17.4 Å². The van der Waals surface area contributed by atoms with Crippen molar-refractivity contribution < 1.29 is 27.9 Å². The molecular formula is C12H14F3N3O3. The highest BCUT2D eigenvalue weighted by Gasteiger charge is 2.32. The maximum atomic E-state index is 12.3. The number of halogens is 3. The number of alkyl halides is 3. The Kier molecular flexibility index (Phi) is 5.39. The van der Waals surface area contributed by atoms with Gasteiger partial charge in [-0.2, -0.15) is 0 Å². The summed E-state index contributed by atoms with van der Waals surface area (Å²) in [6.07, 6.45) is -4.67. The molecule has 0 fully saturated rings. The summed E-state index contributed by atoms with van der Waals surface area (Å²) in [5, 5.41) is 13.6. The van der Waals surface area contributed by atoms with Gasteiger partial charge in [0.1, 0.15) is 0 Å². The summed E-state index contributed by atoms with van der Waals surface area (Å²) < 4.78 is 40.6. The normalized spacial score (nSPS) is 13.6. The second-order valence-corrected chi connectivity index (χ2v) is 4.02. The molecular weight excluding hydrogens is 291 g/mol. The number of hydrogen-bond donors (Lipinski definition) is 3. The molecule has 0 aliphatic rings. The fourth-order valence-corrected chi connectivity index (χ4v) is 1.60. The number of ether oxygens (including phenoxy) is 1. The summed E-state index contributed by atoms with van der Waals surface area (Å²) in [5.41, 5.74) is 5.19. The van der Waals surface area contributed by atoms with E-state index in [1.807, 2.05) is 0 Å². The molecule has 0 radical (unpaired) electrons. The van der Waals surface area contributed by atoms with Crippen LogP contribution in [0.2, 0.25) is 0 Å². The number of hydrogen-bond acceptors (Lipinski definition) is 4. The van der Waals surface area contributed by atoms with E-state index in [4.69, 9.17) is 10.9 Å². The summed E-state index contributed by atoms with van der Waals surface area (Å²) in [6, 6.07) is 5.08. The van der Waals surface area contributed by atoms with Gasteiger partial charge >= 0.3 is 6.36 Å². The van der Waals surface area contributed by atoms with Crippen molar-refractivity contribution in [3.05, 3.63) is 24.3 Å². The Balaban J connectivity index is 2.95. The number of carbonyl (C=O) groups excluding carboxylic acids is 1. The molecule has 0 bridgehead atoms. The number of nitrogens with one attached hydrogen (secondary N) is 1. The van der Waals surface area contributed by atoms with Gasteiger partial charge in [0.05, 0.1) is 11.6 Å². The van der Waals surface area contributed by atoms with E-state index in [2.05, 4.69) is 15.2 Å². The molecule has 116 valence electrons. The molecule has 1 aromatic rings. The first-order valence-electron chi connectivity index (χ1n) is 5.91. The first-order chi connectivity index (χ1) is 9.78. The number of nitrogens with two attached hydrogens (primary N) is 1. The first kappa shape index (κ1) is 16.6. The highest BCUT2D eigenvalue weighted by Crippen LogP contribution is 2.30. The molecule has 21 heavy (non-hydrogen) atoms. The van der Waals surface area contributed by atoms with E-state index in [0.29, 0.717) is 0 Å². The largest absolute Gasteiger partial charge is 0.573 e. The SMILES string of the molecule is CCC(C(=O)Nc1ccccc1OC(F)(F)F)C(N)=NO. The Morgan fingerprint density at radius 1 is 1.48 bits per heavy atom. The first-order valence-corrected chi connectivity index (χ1v) is 5.91. The second kappa shape index (κ2) is 6.82. The van der Waals surface area contributed by atoms with Gasteiger partial charge in [0.15, 0.2) is 11.6 Å². The average Bonchev–Trinajstić information content (AvgIpc) is 2.40. The monoisotopic (exact) mass is 305 g/mol. The average molecular weight is 305 g/mol. The zero-order valence-electron chi connectivity index (χ0n) is 11.0. The molecule has 9 heteroatoms. The van der Waals surface area contributed by atoms with Crippen LogP contribution in [0.4, 0.5) is 18.9 Å². The molecule has 1 aromatic carbocycles. The van der Waals surface area contributed by atoms with Gasteiger partial charge in [-0.25, -0.2) is 0 Å². The third-order valence-corrected chi connectivity index (χ3v) is 2.57. The van der Waals surface area contributed by atoms with Crippen molar-refractivity contribution in [2.75, 3.05) is 5.32 Å². The lowest BCUT2D eigenvalue weighted by atomic mass is 10.0. The van der Waals surface area contributed by atoms with Crippen LogP contribution in [-0.2, 0) is 4.79 Å². The molecule has 0 aromatic heterocycles. The number of para-hydroxylation sites is 2. The number of rotatable bonds is 5. The minimum atomic E-state index is -4.88. The van der Waals surface area contributed by atoms with Crippen LogP contribution < -0.4 is 15.8 Å². The lowest BCUT2D eigenvalue weighted by molar-refractivity contribution is -0.274. The van der Waals surface area contributed by atoms with Crippen molar-refractivity contribution in [1.29, 1.82) is 0 Å². The molecule has 1 atom stereocenters. The Bertz CT molecular complexity index is 532. The number of amidine groups is 1. The molecule has 6 nitrogen and oxygen atoms in total. The molecule has 1 amide bonds. The van der Waals surface area contributed by atoms with Crippen LogP contribution in [0, 0.1) is 5.92 Å². The molecule has 0 heterocycles. The van der Waals surface area contributed by atoms with Crippen molar-refractivity contribution in [2.45, 2.75) is 19.7 Å². The van der Waals surface area contributed by atoms with Crippen molar-refractivity contribution in [1.82, 2.24) is 0 Å². The third-order valence-electron chi connectivity index (χ3n) is 2.57. The van der Waals surface area contributed by atoms with Crippen LogP contribution >= 0.6 is 0 Å². The van der Waals surface area contributed by atoms with Crippen LogP contribution in [0.5, 0.6) is 5.75 Å². The molecule has 1 unspecified atom stereocenters. The van der Waals surface area contributed by atoms with E-state index >= 15 is 0 Å². The van der Waals surface area contributed by atoms with Gasteiger partial charge in [0.25, 0.3) is 0 Å².